The second kappa shape index (κ2) is 2.10. The highest BCUT2D eigenvalue weighted by Crippen LogP contribution is 2.22. The predicted octanol–water partition coefficient (Wildman–Crippen LogP) is 1.58. The minimum absolute atomic E-state index is 0.163. The Bertz CT molecular complexity index is 398. The van der Waals surface area contributed by atoms with Gasteiger partial charge in [-0.05, 0) is 17.3 Å². The van der Waals surface area contributed by atoms with Crippen molar-refractivity contribution in [1.82, 2.24) is 10.1 Å². The van der Waals surface area contributed by atoms with Crippen LogP contribution >= 0.6 is 11.6 Å². The minimum Gasteiger partial charge on any atom is -0.491 e. The maximum absolute atomic E-state index is 9.01. The molecule has 0 radical (unpaired) electrons. The first-order valence-corrected chi connectivity index (χ1v) is 3.26. The molecule has 0 amide bonds. The zero-order chi connectivity index (χ0) is 7.84. The number of hydrogen-bond donors (Lipinski definition) is 1. The summed E-state index contributed by atoms with van der Waals surface area (Å²) in [6.07, 6.45) is 0. The topological polar surface area (TPSA) is 59.2 Å². The van der Waals surface area contributed by atoms with Gasteiger partial charge in [0.25, 0.3) is 11.6 Å². The maximum Gasteiger partial charge on any atom is 0.263 e. The molecule has 0 aliphatic rings. The number of nitrogens with zero attached hydrogens (tertiary/aromatic N) is 2. The van der Waals surface area contributed by atoms with E-state index in [-0.39, 0.29) is 11.6 Å². The van der Waals surface area contributed by atoms with Gasteiger partial charge < -0.3 is 9.63 Å². The monoisotopic (exact) mass is 170 g/mol. The average Bonchev–Trinajstić information content (AvgIpc) is 2.32. The fourth-order valence-electron chi connectivity index (χ4n) is 0.793. The Hall–Kier alpha value is -1.29. The Kier molecular flexibility index (Phi) is 1.22. The zero-order valence-electron chi connectivity index (χ0n) is 5.28. The van der Waals surface area contributed by atoms with Crippen LogP contribution in [0.25, 0.3) is 11.1 Å². The van der Waals surface area contributed by atoms with Crippen LogP contribution in [0.4, 0.5) is 0 Å². The summed E-state index contributed by atoms with van der Waals surface area (Å²) < 4.78 is 4.63. The summed E-state index contributed by atoms with van der Waals surface area (Å²) in [5.74, 6) is -0.163. The van der Waals surface area contributed by atoms with Gasteiger partial charge in [-0.25, -0.2) is 0 Å². The third kappa shape index (κ3) is 0.914. The molecule has 4 nitrogen and oxygen atoms in total. The fourth-order valence-corrected chi connectivity index (χ4v) is 0.933. The van der Waals surface area contributed by atoms with Crippen molar-refractivity contribution in [3.8, 4) is 5.88 Å². The molecule has 2 aromatic rings. The van der Waals surface area contributed by atoms with Crippen molar-refractivity contribution in [3.63, 3.8) is 0 Å². The molecule has 0 atom stereocenters. The number of aromatic nitrogens is 2. The van der Waals surface area contributed by atoms with Gasteiger partial charge in [0, 0.05) is 0 Å². The third-order valence-corrected chi connectivity index (χ3v) is 1.50. The molecule has 0 saturated carbocycles. The molecule has 56 valence electrons. The SMILES string of the molecule is Oc1noc2nc(Cl)ccc12. The summed E-state index contributed by atoms with van der Waals surface area (Å²) in [6.45, 7) is 0. The van der Waals surface area contributed by atoms with E-state index in [1.165, 1.54) is 0 Å². The van der Waals surface area contributed by atoms with Crippen LogP contribution in [0.15, 0.2) is 16.7 Å². The van der Waals surface area contributed by atoms with Crippen LogP contribution in [0.1, 0.15) is 0 Å². The largest absolute Gasteiger partial charge is 0.491 e. The van der Waals surface area contributed by atoms with Crippen LogP contribution in [0.5, 0.6) is 5.88 Å². The van der Waals surface area contributed by atoms with Crippen molar-refractivity contribution in [3.05, 3.63) is 17.3 Å². The Labute approximate surface area is 66.4 Å². The van der Waals surface area contributed by atoms with E-state index >= 15 is 0 Å². The highest BCUT2D eigenvalue weighted by atomic mass is 35.5. The first-order valence-electron chi connectivity index (χ1n) is 2.88. The highest BCUT2D eigenvalue weighted by molar-refractivity contribution is 6.29. The molecule has 0 unspecified atom stereocenters. The standard InChI is InChI=1S/C6H3ClN2O2/c7-4-2-1-3-5(10)9-11-6(3)8-4/h1-2H,(H,9,10). The molecule has 0 aliphatic carbocycles. The van der Waals surface area contributed by atoms with E-state index in [0.717, 1.165) is 0 Å². The first kappa shape index (κ1) is 6.42. The van der Waals surface area contributed by atoms with Crippen LogP contribution in [0, 0.1) is 0 Å². The molecular weight excluding hydrogens is 168 g/mol. The number of rotatable bonds is 0. The maximum atomic E-state index is 9.01. The molecule has 0 fully saturated rings. The average molecular weight is 171 g/mol. The number of pyridine rings is 1. The van der Waals surface area contributed by atoms with Gasteiger partial charge in [-0.3, -0.25) is 0 Å². The molecule has 0 bridgehead atoms. The smallest absolute Gasteiger partial charge is 0.263 e. The molecule has 0 aromatic carbocycles. The van der Waals surface area contributed by atoms with E-state index in [9.17, 15) is 0 Å². The van der Waals surface area contributed by atoms with Crippen molar-refractivity contribution in [2.24, 2.45) is 0 Å². The molecule has 2 heterocycles. The summed E-state index contributed by atoms with van der Waals surface area (Å²) >= 11 is 5.55. The molecule has 0 saturated heterocycles. The van der Waals surface area contributed by atoms with Crippen molar-refractivity contribution in [2.45, 2.75) is 0 Å². The number of fused-ring (bicyclic) bond motifs is 1. The lowest BCUT2D eigenvalue weighted by atomic mass is 10.3. The second-order valence-electron chi connectivity index (χ2n) is 1.99. The molecule has 0 aliphatic heterocycles. The molecule has 0 spiro atoms. The van der Waals surface area contributed by atoms with Gasteiger partial charge in [0.15, 0.2) is 0 Å². The van der Waals surface area contributed by atoms with Gasteiger partial charge in [0.1, 0.15) is 10.5 Å². The van der Waals surface area contributed by atoms with E-state index in [1.807, 2.05) is 0 Å². The summed E-state index contributed by atoms with van der Waals surface area (Å²) in [5, 5.41) is 13.1. The summed E-state index contributed by atoms with van der Waals surface area (Å²) in [7, 11) is 0. The van der Waals surface area contributed by atoms with Gasteiger partial charge in [0.05, 0.1) is 0 Å². The molecule has 2 aromatic heterocycles. The van der Waals surface area contributed by atoms with Crippen molar-refractivity contribution in [2.75, 3.05) is 0 Å². The van der Waals surface area contributed by atoms with Crippen molar-refractivity contribution in [1.29, 1.82) is 0 Å². The van der Waals surface area contributed by atoms with Gasteiger partial charge in [-0.2, -0.15) is 4.98 Å². The summed E-state index contributed by atoms with van der Waals surface area (Å²) in [5.41, 5.74) is 0.245. The van der Waals surface area contributed by atoms with Crippen LogP contribution in [0.2, 0.25) is 5.15 Å². The minimum atomic E-state index is -0.163. The number of halogens is 1. The zero-order valence-corrected chi connectivity index (χ0v) is 6.04. The predicted molar refractivity (Wildman–Crippen MR) is 38.5 cm³/mol. The molecule has 5 heteroatoms. The lowest BCUT2D eigenvalue weighted by Crippen LogP contribution is -1.72. The molecule has 11 heavy (non-hydrogen) atoms. The highest BCUT2D eigenvalue weighted by Gasteiger charge is 2.06. The Morgan fingerprint density at radius 2 is 2.27 bits per heavy atom. The molecular formula is C6H3ClN2O2. The Morgan fingerprint density at radius 3 is 3.09 bits per heavy atom. The first-order chi connectivity index (χ1) is 5.27. The van der Waals surface area contributed by atoms with E-state index in [0.29, 0.717) is 10.5 Å². The van der Waals surface area contributed by atoms with E-state index < -0.39 is 0 Å². The van der Waals surface area contributed by atoms with Crippen LogP contribution in [-0.2, 0) is 0 Å². The molecule has 2 rings (SSSR count). The van der Waals surface area contributed by atoms with Crippen LogP contribution < -0.4 is 0 Å². The lowest BCUT2D eigenvalue weighted by molar-refractivity contribution is 0.373. The number of aromatic hydroxyl groups is 1. The fraction of sp³-hybridized carbons (Fsp3) is 0. The second-order valence-corrected chi connectivity index (χ2v) is 2.38. The number of hydrogen-bond acceptors (Lipinski definition) is 4. The quantitative estimate of drug-likeness (QED) is 0.610. The van der Waals surface area contributed by atoms with Crippen LogP contribution in [0.3, 0.4) is 0 Å². The van der Waals surface area contributed by atoms with E-state index in [2.05, 4.69) is 14.7 Å². The molecule has 1 N–H and O–H groups in total. The van der Waals surface area contributed by atoms with Gasteiger partial charge >= 0.3 is 0 Å². The van der Waals surface area contributed by atoms with E-state index in [1.54, 1.807) is 12.1 Å². The Morgan fingerprint density at radius 1 is 1.45 bits per heavy atom. The summed E-state index contributed by atoms with van der Waals surface area (Å²) in [6, 6.07) is 3.15. The van der Waals surface area contributed by atoms with Crippen LogP contribution in [-0.4, -0.2) is 15.2 Å². The van der Waals surface area contributed by atoms with Gasteiger partial charge in [0.2, 0.25) is 0 Å². The normalized spacial score (nSPS) is 10.6. The van der Waals surface area contributed by atoms with Gasteiger partial charge in [-0.15, -0.1) is 0 Å². The Balaban J connectivity index is 2.86. The van der Waals surface area contributed by atoms with Crippen molar-refractivity contribution < 1.29 is 9.63 Å². The third-order valence-electron chi connectivity index (χ3n) is 1.29. The lowest BCUT2D eigenvalue weighted by Gasteiger charge is -1.85. The van der Waals surface area contributed by atoms with Crippen molar-refractivity contribution >= 4 is 22.7 Å². The summed E-state index contributed by atoms with van der Waals surface area (Å²) in [4.78, 5) is 3.77. The van der Waals surface area contributed by atoms with Gasteiger partial charge in [-0.1, -0.05) is 11.6 Å². The van der Waals surface area contributed by atoms with E-state index in [4.69, 9.17) is 16.7 Å².